The quantitative estimate of drug-likeness (QED) is 0.868. The Hall–Kier alpha value is -1.35. The summed E-state index contributed by atoms with van der Waals surface area (Å²) in [5, 5.41) is 3.23. The maximum Gasteiger partial charge on any atom is 0.236 e. The van der Waals surface area contributed by atoms with Crippen molar-refractivity contribution in [3.05, 3.63) is 35.9 Å². The van der Waals surface area contributed by atoms with Gasteiger partial charge in [-0.3, -0.25) is 4.79 Å². The van der Waals surface area contributed by atoms with Gasteiger partial charge >= 0.3 is 0 Å². The van der Waals surface area contributed by atoms with Crippen LogP contribution in [0.3, 0.4) is 0 Å². The van der Waals surface area contributed by atoms with Crippen molar-refractivity contribution in [1.82, 2.24) is 10.2 Å². The van der Waals surface area contributed by atoms with Crippen molar-refractivity contribution in [1.29, 1.82) is 0 Å². The Balaban J connectivity index is 2.53. The van der Waals surface area contributed by atoms with Crippen molar-refractivity contribution in [2.45, 2.75) is 39.8 Å². The van der Waals surface area contributed by atoms with E-state index in [1.165, 1.54) is 5.56 Å². The average Bonchev–Trinajstić information content (AvgIpc) is 2.33. The van der Waals surface area contributed by atoms with Crippen LogP contribution in [-0.4, -0.2) is 29.4 Å². The fraction of sp³-hybridized carbons (Fsp3) is 0.533. The number of amides is 1. The zero-order chi connectivity index (χ0) is 13.6. The number of hydrogen-bond donors (Lipinski definition) is 1. The fourth-order valence-corrected chi connectivity index (χ4v) is 1.63. The number of nitrogens with zero attached hydrogens (tertiary/aromatic N) is 1. The van der Waals surface area contributed by atoms with Crippen molar-refractivity contribution in [2.24, 2.45) is 0 Å². The predicted octanol–water partition coefficient (Wildman–Crippen LogP) is 2.42. The number of rotatable bonds is 5. The lowest BCUT2D eigenvalue weighted by atomic mass is 10.1. The number of carbonyl (C=O) groups excluding carboxylic acids is 1. The van der Waals surface area contributed by atoms with Crippen molar-refractivity contribution < 1.29 is 4.79 Å². The van der Waals surface area contributed by atoms with Crippen LogP contribution in [0.1, 0.15) is 33.3 Å². The molecule has 3 heteroatoms. The molecule has 18 heavy (non-hydrogen) atoms. The smallest absolute Gasteiger partial charge is 0.236 e. The molecule has 0 unspecified atom stereocenters. The lowest BCUT2D eigenvalue weighted by Crippen LogP contribution is -2.44. The molecule has 0 radical (unpaired) electrons. The first-order valence-corrected chi connectivity index (χ1v) is 6.49. The molecule has 1 N–H and O–H groups in total. The monoisotopic (exact) mass is 248 g/mol. The number of benzene rings is 1. The molecule has 3 nitrogen and oxygen atoms in total. The highest BCUT2D eigenvalue weighted by Gasteiger charge is 2.15. The third-order valence-corrected chi connectivity index (χ3v) is 2.72. The normalized spacial score (nSPS) is 11.3. The standard InChI is InChI=1S/C15H24N2O/c1-5-17(12-13-9-7-6-8-10-13)14(18)11-16-15(2,3)4/h6-10,16H,5,11-12H2,1-4H3. The van der Waals surface area contributed by atoms with Crippen LogP contribution < -0.4 is 5.32 Å². The van der Waals surface area contributed by atoms with E-state index < -0.39 is 0 Å². The SMILES string of the molecule is CCN(Cc1ccccc1)C(=O)CNC(C)(C)C. The van der Waals surface area contributed by atoms with Crippen LogP contribution in [0.4, 0.5) is 0 Å². The Morgan fingerprint density at radius 3 is 2.33 bits per heavy atom. The summed E-state index contributed by atoms with van der Waals surface area (Å²) in [7, 11) is 0. The summed E-state index contributed by atoms with van der Waals surface area (Å²) >= 11 is 0. The predicted molar refractivity (Wildman–Crippen MR) is 75.3 cm³/mol. The Kier molecular flexibility index (Phi) is 5.35. The molecule has 0 bridgehead atoms. The van der Waals surface area contributed by atoms with Gasteiger partial charge in [-0.1, -0.05) is 30.3 Å². The topological polar surface area (TPSA) is 32.3 Å². The van der Waals surface area contributed by atoms with E-state index in [0.717, 1.165) is 6.54 Å². The lowest BCUT2D eigenvalue weighted by Gasteiger charge is -2.25. The summed E-state index contributed by atoms with van der Waals surface area (Å²) in [4.78, 5) is 14.0. The Bertz CT molecular complexity index is 368. The molecule has 0 fully saturated rings. The van der Waals surface area contributed by atoms with Gasteiger partial charge in [0.2, 0.25) is 5.91 Å². The maximum atomic E-state index is 12.1. The number of likely N-dealkylation sites (N-methyl/N-ethyl adjacent to an activating group) is 1. The Morgan fingerprint density at radius 2 is 1.83 bits per heavy atom. The van der Waals surface area contributed by atoms with Gasteiger partial charge in [0.15, 0.2) is 0 Å². The number of carbonyl (C=O) groups is 1. The molecule has 1 amide bonds. The highest BCUT2D eigenvalue weighted by molar-refractivity contribution is 5.78. The van der Waals surface area contributed by atoms with E-state index in [1.807, 2.05) is 42.2 Å². The summed E-state index contributed by atoms with van der Waals surface area (Å²) in [5.74, 6) is 0.149. The first kappa shape index (κ1) is 14.7. The molecule has 0 aliphatic carbocycles. The van der Waals surface area contributed by atoms with Crippen LogP contribution in [0, 0.1) is 0 Å². The Morgan fingerprint density at radius 1 is 1.22 bits per heavy atom. The summed E-state index contributed by atoms with van der Waals surface area (Å²) in [5.41, 5.74) is 1.14. The van der Waals surface area contributed by atoms with Gasteiger partial charge < -0.3 is 10.2 Å². The van der Waals surface area contributed by atoms with Crippen LogP contribution in [0.2, 0.25) is 0 Å². The summed E-state index contributed by atoms with van der Waals surface area (Å²) in [6.07, 6.45) is 0. The first-order valence-electron chi connectivity index (χ1n) is 6.49. The van der Waals surface area contributed by atoms with Gasteiger partial charge in [0, 0.05) is 18.6 Å². The van der Waals surface area contributed by atoms with Gasteiger partial charge in [0.1, 0.15) is 0 Å². The second kappa shape index (κ2) is 6.55. The van der Waals surface area contributed by atoms with Gasteiger partial charge in [-0.25, -0.2) is 0 Å². The van der Waals surface area contributed by atoms with Gasteiger partial charge in [0.05, 0.1) is 6.54 Å². The molecular formula is C15H24N2O. The van der Waals surface area contributed by atoms with E-state index in [2.05, 4.69) is 26.1 Å². The van der Waals surface area contributed by atoms with E-state index in [4.69, 9.17) is 0 Å². The number of nitrogens with one attached hydrogen (secondary N) is 1. The molecule has 0 saturated heterocycles. The number of hydrogen-bond acceptors (Lipinski definition) is 2. The molecule has 1 rings (SSSR count). The Labute approximate surface area is 110 Å². The fourth-order valence-electron chi connectivity index (χ4n) is 1.63. The second-order valence-electron chi connectivity index (χ2n) is 5.50. The highest BCUT2D eigenvalue weighted by atomic mass is 16.2. The molecule has 100 valence electrons. The summed E-state index contributed by atoms with van der Waals surface area (Å²) < 4.78 is 0. The van der Waals surface area contributed by atoms with E-state index in [-0.39, 0.29) is 11.4 Å². The molecule has 0 aliphatic rings. The molecule has 1 aromatic carbocycles. The summed E-state index contributed by atoms with van der Waals surface area (Å²) in [6, 6.07) is 10.1. The van der Waals surface area contributed by atoms with Crippen LogP contribution in [0.25, 0.3) is 0 Å². The van der Waals surface area contributed by atoms with Crippen molar-refractivity contribution in [3.63, 3.8) is 0 Å². The molecule has 0 heterocycles. The van der Waals surface area contributed by atoms with Gasteiger partial charge in [-0.05, 0) is 33.3 Å². The minimum absolute atomic E-state index is 0.0260. The van der Waals surface area contributed by atoms with Crippen LogP contribution in [-0.2, 0) is 11.3 Å². The molecule has 0 saturated carbocycles. The molecule has 0 spiro atoms. The average molecular weight is 248 g/mol. The molecule has 0 atom stereocenters. The van der Waals surface area contributed by atoms with Crippen molar-refractivity contribution >= 4 is 5.91 Å². The third-order valence-electron chi connectivity index (χ3n) is 2.72. The lowest BCUT2D eigenvalue weighted by molar-refractivity contribution is -0.130. The van der Waals surface area contributed by atoms with Gasteiger partial charge in [0.25, 0.3) is 0 Å². The highest BCUT2D eigenvalue weighted by Crippen LogP contribution is 2.05. The molecule has 1 aromatic rings. The summed E-state index contributed by atoms with van der Waals surface area (Å²) in [6.45, 7) is 10.0. The van der Waals surface area contributed by atoms with E-state index in [0.29, 0.717) is 13.1 Å². The zero-order valence-electron chi connectivity index (χ0n) is 11.9. The maximum absolute atomic E-state index is 12.1. The van der Waals surface area contributed by atoms with Gasteiger partial charge in [-0.2, -0.15) is 0 Å². The molecule has 0 aliphatic heterocycles. The van der Waals surface area contributed by atoms with Crippen molar-refractivity contribution in [2.75, 3.05) is 13.1 Å². The third kappa shape index (κ3) is 5.32. The van der Waals surface area contributed by atoms with Crippen LogP contribution in [0.15, 0.2) is 30.3 Å². The van der Waals surface area contributed by atoms with Gasteiger partial charge in [-0.15, -0.1) is 0 Å². The molecule has 0 aromatic heterocycles. The van der Waals surface area contributed by atoms with Crippen LogP contribution >= 0.6 is 0 Å². The van der Waals surface area contributed by atoms with E-state index in [1.54, 1.807) is 0 Å². The van der Waals surface area contributed by atoms with Crippen molar-refractivity contribution in [3.8, 4) is 0 Å². The minimum atomic E-state index is -0.0260. The largest absolute Gasteiger partial charge is 0.338 e. The molecular weight excluding hydrogens is 224 g/mol. The zero-order valence-corrected chi connectivity index (χ0v) is 11.9. The second-order valence-corrected chi connectivity index (χ2v) is 5.50. The van der Waals surface area contributed by atoms with Crippen LogP contribution in [0.5, 0.6) is 0 Å². The first-order chi connectivity index (χ1) is 8.42. The van der Waals surface area contributed by atoms with E-state index in [9.17, 15) is 4.79 Å². The van der Waals surface area contributed by atoms with E-state index >= 15 is 0 Å². The minimum Gasteiger partial charge on any atom is -0.338 e.